The van der Waals surface area contributed by atoms with Gasteiger partial charge in [0.2, 0.25) is 0 Å². The minimum Gasteiger partial charge on any atom is -0.508 e. The number of Topliss-reactive ketones (excluding diaryl/α,β-unsaturated/α-hetero) is 1. The molecule has 114 valence electrons. The first-order valence-electron chi connectivity index (χ1n) is 8.22. The second-order valence-corrected chi connectivity index (χ2v) is 6.97. The Kier molecular flexibility index (Phi) is 3.06. The Balaban J connectivity index is 1.91. The van der Waals surface area contributed by atoms with Gasteiger partial charge in [-0.25, -0.2) is 0 Å². The van der Waals surface area contributed by atoms with Crippen molar-refractivity contribution in [3.05, 3.63) is 29.3 Å². The number of phenolic OH excluding ortho intramolecular Hbond substituents is 1. The van der Waals surface area contributed by atoms with Crippen LogP contribution in [0.25, 0.3) is 0 Å². The van der Waals surface area contributed by atoms with Gasteiger partial charge in [0, 0.05) is 17.5 Å². The molecule has 0 spiro atoms. The summed E-state index contributed by atoms with van der Waals surface area (Å²) in [6, 6.07) is 5.23. The largest absolute Gasteiger partial charge is 0.508 e. The third-order valence-electron chi connectivity index (χ3n) is 6.09. The van der Waals surface area contributed by atoms with Crippen molar-refractivity contribution in [2.45, 2.75) is 43.6 Å². The zero-order valence-corrected chi connectivity index (χ0v) is 12.7. The zero-order valence-electron chi connectivity index (χ0n) is 12.7. The molecule has 3 nitrogen and oxygen atoms in total. The topological polar surface area (TPSA) is 40.5 Å². The van der Waals surface area contributed by atoms with Crippen LogP contribution in [0.15, 0.2) is 18.2 Å². The van der Waals surface area contributed by atoms with Crippen molar-refractivity contribution < 1.29 is 9.90 Å². The van der Waals surface area contributed by atoms with E-state index in [1.165, 1.54) is 12.8 Å². The number of fused-ring (bicyclic) bond motifs is 1. The van der Waals surface area contributed by atoms with Gasteiger partial charge < -0.3 is 5.11 Å². The summed E-state index contributed by atoms with van der Waals surface area (Å²) < 4.78 is 0. The van der Waals surface area contributed by atoms with Crippen LogP contribution in [-0.4, -0.2) is 34.9 Å². The standard InChI is InChI=1S/C19H21NO2/c1-2-10-20-11-9-19-8-4-3-5-15(19)17(20)18(22)14-7-6-13(21)12-16(14)19/h1,6-7,12,15,17,21H,3-5,8-11H2/t15-,17+,19-/m0/s1. The lowest BCUT2D eigenvalue weighted by molar-refractivity contribution is 0.00302. The normalized spacial score (nSPS) is 33.7. The number of likely N-dealkylation sites (tertiary alicyclic amines) is 1. The average Bonchev–Trinajstić information content (AvgIpc) is 2.53. The summed E-state index contributed by atoms with van der Waals surface area (Å²) in [6.07, 6.45) is 11.2. The van der Waals surface area contributed by atoms with Crippen molar-refractivity contribution in [1.29, 1.82) is 0 Å². The number of carbonyl (C=O) groups is 1. The fourth-order valence-corrected chi connectivity index (χ4v) is 5.20. The smallest absolute Gasteiger partial charge is 0.180 e. The second-order valence-electron chi connectivity index (χ2n) is 6.97. The molecule has 22 heavy (non-hydrogen) atoms. The molecule has 3 heteroatoms. The van der Waals surface area contributed by atoms with Gasteiger partial charge in [-0.05, 0) is 48.9 Å². The van der Waals surface area contributed by atoms with Gasteiger partial charge in [0.1, 0.15) is 5.75 Å². The van der Waals surface area contributed by atoms with Crippen molar-refractivity contribution in [2.24, 2.45) is 5.92 Å². The average molecular weight is 295 g/mol. The number of nitrogens with zero attached hydrogens (tertiary/aromatic N) is 1. The third-order valence-corrected chi connectivity index (χ3v) is 6.09. The quantitative estimate of drug-likeness (QED) is 0.810. The molecule has 0 radical (unpaired) electrons. The summed E-state index contributed by atoms with van der Waals surface area (Å²) in [5.74, 6) is 3.55. The van der Waals surface area contributed by atoms with Crippen LogP contribution in [0, 0.1) is 18.3 Å². The van der Waals surface area contributed by atoms with E-state index in [1.54, 1.807) is 6.07 Å². The number of aromatic hydroxyl groups is 1. The Morgan fingerprint density at radius 3 is 3.05 bits per heavy atom. The number of terminal acetylenes is 1. The molecule has 1 saturated heterocycles. The number of hydrogen-bond donors (Lipinski definition) is 1. The SMILES string of the molecule is C#CCN1CC[C@@]23CCCC[C@H]2[C@@H]1C(=O)c1ccc(O)cc13. The van der Waals surface area contributed by atoms with E-state index in [-0.39, 0.29) is 23.0 Å². The summed E-state index contributed by atoms with van der Waals surface area (Å²) in [5.41, 5.74) is 1.97. The van der Waals surface area contributed by atoms with E-state index in [4.69, 9.17) is 6.42 Å². The number of phenols is 1. The molecule has 2 bridgehead atoms. The molecule has 1 heterocycles. The van der Waals surface area contributed by atoms with Crippen LogP contribution in [-0.2, 0) is 5.41 Å². The van der Waals surface area contributed by atoms with Gasteiger partial charge in [-0.15, -0.1) is 6.42 Å². The van der Waals surface area contributed by atoms with Crippen LogP contribution in [0.5, 0.6) is 5.75 Å². The van der Waals surface area contributed by atoms with Crippen LogP contribution in [0.2, 0.25) is 0 Å². The molecule has 3 atom stereocenters. The van der Waals surface area contributed by atoms with Gasteiger partial charge in [-0.1, -0.05) is 18.8 Å². The molecule has 0 unspecified atom stereocenters. The fraction of sp³-hybridized carbons (Fsp3) is 0.526. The van der Waals surface area contributed by atoms with Crippen LogP contribution in [0.3, 0.4) is 0 Å². The minimum absolute atomic E-state index is 0.0655. The highest BCUT2D eigenvalue weighted by molar-refractivity contribution is 6.04. The lowest BCUT2D eigenvalue weighted by atomic mass is 9.52. The maximum atomic E-state index is 13.1. The molecule has 1 aliphatic heterocycles. The third kappa shape index (κ3) is 1.71. The van der Waals surface area contributed by atoms with E-state index in [0.717, 1.165) is 36.9 Å². The molecular weight excluding hydrogens is 274 g/mol. The molecule has 2 fully saturated rings. The monoisotopic (exact) mass is 295 g/mol. The minimum atomic E-state index is -0.0675. The molecule has 4 rings (SSSR count). The number of carbonyl (C=O) groups excluding carboxylic acids is 1. The van der Waals surface area contributed by atoms with E-state index in [9.17, 15) is 9.90 Å². The van der Waals surface area contributed by atoms with Gasteiger partial charge >= 0.3 is 0 Å². The lowest BCUT2D eigenvalue weighted by Gasteiger charge is -2.57. The van der Waals surface area contributed by atoms with E-state index in [0.29, 0.717) is 12.5 Å². The highest BCUT2D eigenvalue weighted by Gasteiger charge is 2.56. The molecule has 1 aromatic carbocycles. The summed E-state index contributed by atoms with van der Waals surface area (Å²) in [5, 5.41) is 9.95. The highest BCUT2D eigenvalue weighted by Crippen LogP contribution is 2.56. The molecule has 1 aromatic rings. The maximum absolute atomic E-state index is 13.1. The summed E-state index contributed by atoms with van der Waals surface area (Å²) in [6.45, 7) is 1.43. The van der Waals surface area contributed by atoms with Crippen LogP contribution >= 0.6 is 0 Å². The van der Waals surface area contributed by atoms with Crippen molar-refractivity contribution in [3.63, 3.8) is 0 Å². The second kappa shape index (κ2) is 4.86. The molecule has 3 aliphatic rings. The van der Waals surface area contributed by atoms with E-state index in [1.807, 2.05) is 12.1 Å². The molecule has 0 amide bonds. The Morgan fingerprint density at radius 1 is 1.36 bits per heavy atom. The van der Waals surface area contributed by atoms with Crippen molar-refractivity contribution >= 4 is 5.78 Å². The number of piperidine rings is 1. The van der Waals surface area contributed by atoms with Crippen molar-refractivity contribution in [3.8, 4) is 18.1 Å². The first kappa shape index (κ1) is 13.8. The maximum Gasteiger partial charge on any atom is 0.180 e. The predicted molar refractivity (Wildman–Crippen MR) is 84.9 cm³/mol. The summed E-state index contributed by atoms with van der Waals surface area (Å²) >= 11 is 0. The Morgan fingerprint density at radius 2 is 2.23 bits per heavy atom. The van der Waals surface area contributed by atoms with Crippen LogP contribution < -0.4 is 0 Å². The van der Waals surface area contributed by atoms with Gasteiger partial charge in [-0.2, -0.15) is 0 Å². The number of ketones is 1. The van der Waals surface area contributed by atoms with E-state index >= 15 is 0 Å². The van der Waals surface area contributed by atoms with Gasteiger partial charge in [0.05, 0.1) is 12.6 Å². The van der Waals surface area contributed by atoms with Crippen molar-refractivity contribution in [1.82, 2.24) is 4.90 Å². The number of rotatable bonds is 1. The van der Waals surface area contributed by atoms with E-state index in [2.05, 4.69) is 10.8 Å². The highest BCUT2D eigenvalue weighted by atomic mass is 16.3. The number of hydrogen-bond acceptors (Lipinski definition) is 3. The summed E-state index contributed by atoms with van der Waals surface area (Å²) in [4.78, 5) is 15.3. The van der Waals surface area contributed by atoms with E-state index < -0.39 is 0 Å². The fourth-order valence-electron chi connectivity index (χ4n) is 5.20. The van der Waals surface area contributed by atoms with Gasteiger partial charge in [-0.3, -0.25) is 9.69 Å². The van der Waals surface area contributed by atoms with Crippen LogP contribution in [0.4, 0.5) is 0 Å². The Hall–Kier alpha value is -1.79. The predicted octanol–water partition coefficient (Wildman–Crippen LogP) is 2.72. The lowest BCUT2D eigenvalue weighted by Crippen LogP contribution is -2.63. The molecule has 2 aliphatic carbocycles. The van der Waals surface area contributed by atoms with Gasteiger partial charge in [0.15, 0.2) is 5.78 Å². The zero-order chi connectivity index (χ0) is 15.3. The van der Waals surface area contributed by atoms with Gasteiger partial charge in [0.25, 0.3) is 0 Å². The molecular formula is C19H21NO2. The molecule has 1 saturated carbocycles. The molecule has 0 aromatic heterocycles. The van der Waals surface area contributed by atoms with Crippen LogP contribution in [0.1, 0.15) is 48.0 Å². The Labute approximate surface area is 131 Å². The number of benzene rings is 1. The Bertz CT molecular complexity index is 675. The van der Waals surface area contributed by atoms with Crippen molar-refractivity contribution in [2.75, 3.05) is 13.1 Å². The molecule has 1 N–H and O–H groups in total. The first-order chi connectivity index (χ1) is 10.7. The summed E-state index contributed by atoms with van der Waals surface area (Å²) in [7, 11) is 0. The first-order valence-corrected chi connectivity index (χ1v) is 8.22.